The zero-order chi connectivity index (χ0) is 21.2. The lowest BCUT2D eigenvalue weighted by atomic mass is 10.0. The van der Waals surface area contributed by atoms with Gasteiger partial charge in [-0.15, -0.1) is 0 Å². The van der Waals surface area contributed by atoms with E-state index in [4.69, 9.17) is 14.2 Å². The number of rotatable bonds is 5. The Bertz CT molecular complexity index is 1100. The highest BCUT2D eigenvalue weighted by Gasteiger charge is 2.31. The number of carbonyl (C=O) groups is 1. The summed E-state index contributed by atoms with van der Waals surface area (Å²) >= 11 is 0. The van der Waals surface area contributed by atoms with Gasteiger partial charge in [-0.1, -0.05) is 12.1 Å². The maximum atomic E-state index is 12.7. The minimum atomic E-state index is -0.729. The summed E-state index contributed by atoms with van der Waals surface area (Å²) in [6.45, 7) is 1.08. The maximum absolute atomic E-state index is 12.7. The zero-order valence-corrected chi connectivity index (χ0v) is 17.1. The van der Waals surface area contributed by atoms with Crippen molar-refractivity contribution in [3.63, 3.8) is 0 Å². The monoisotopic (exact) mass is 420 g/mol. The Hall–Kier alpha value is -3.32. The Morgan fingerprint density at radius 1 is 1.13 bits per heavy atom. The van der Waals surface area contributed by atoms with Gasteiger partial charge in [0.25, 0.3) is 0 Å². The minimum Gasteiger partial charge on any atom is -0.488 e. The van der Waals surface area contributed by atoms with E-state index in [1.165, 1.54) is 0 Å². The fraction of sp³-hybridized carbons (Fsp3) is 0.333. The van der Waals surface area contributed by atoms with Gasteiger partial charge in [-0.2, -0.15) is 0 Å². The van der Waals surface area contributed by atoms with Gasteiger partial charge in [0.2, 0.25) is 12.7 Å². The Balaban J connectivity index is 1.15. The lowest BCUT2D eigenvalue weighted by Crippen LogP contribution is -2.51. The molecule has 2 aromatic carbocycles. The molecule has 0 spiro atoms. The van der Waals surface area contributed by atoms with Gasteiger partial charge in [-0.05, 0) is 47.7 Å². The number of benzene rings is 2. The average Bonchev–Trinajstić information content (AvgIpc) is 3.26. The number of hydrogen-bond donors (Lipinski definition) is 1. The van der Waals surface area contributed by atoms with E-state index in [0.29, 0.717) is 31.6 Å². The van der Waals surface area contributed by atoms with E-state index < -0.39 is 6.10 Å². The van der Waals surface area contributed by atoms with E-state index >= 15 is 0 Å². The number of ether oxygens (including phenoxy) is 3. The van der Waals surface area contributed by atoms with Crippen LogP contribution in [0.3, 0.4) is 0 Å². The summed E-state index contributed by atoms with van der Waals surface area (Å²) in [6.07, 6.45) is 4.07. The normalized spacial score (nSPS) is 20.1. The number of aryl methyl sites for hydroxylation is 1. The molecule has 3 aromatic rings. The topological polar surface area (TPSA) is 81.1 Å². The van der Waals surface area contributed by atoms with Crippen LogP contribution in [0, 0.1) is 0 Å². The van der Waals surface area contributed by atoms with E-state index in [-0.39, 0.29) is 25.3 Å². The third kappa shape index (κ3) is 4.27. The van der Waals surface area contributed by atoms with Gasteiger partial charge >= 0.3 is 0 Å². The molecular formula is C24H24N2O5. The van der Waals surface area contributed by atoms with Gasteiger partial charge in [0.15, 0.2) is 11.5 Å². The second kappa shape index (κ2) is 8.43. The summed E-state index contributed by atoms with van der Waals surface area (Å²) in [5.74, 6) is 2.20. The van der Waals surface area contributed by atoms with Crippen LogP contribution in [0.4, 0.5) is 0 Å². The summed E-state index contributed by atoms with van der Waals surface area (Å²) in [7, 11) is 0. The maximum Gasteiger partial charge on any atom is 0.231 e. The Morgan fingerprint density at radius 3 is 2.94 bits per heavy atom. The van der Waals surface area contributed by atoms with Crippen LogP contribution >= 0.6 is 0 Å². The number of piperidine rings is 1. The standard InChI is InChI=1S/C24H24N2O5/c27-20-14-26(24(28)6-2-16-1-5-22-23(11-16)30-15-29-22)10-8-21(20)31-19-4-3-17-7-9-25-13-18(17)12-19/h1,3-5,7,9,11-13,20-21,27H,2,6,8,10,14-15H2/t20-,21-/m1/s1. The third-order valence-electron chi connectivity index (χ3n) is 5.84. The number of aromatic nitrogens is 1. The number of likely N-dealkylation sites (tertiary alicyclic amines) is 1. The predicted octanol–water partition coefficient (Wildman–Crippen LogP) is 2.94. The SMILES string of the molecule is O=C(CCc1ccc2c(c1)OCO2)N1CC[C@@H](Oc2ccc3ccncc3c2)[C@H](O)C1. The number of fused-ring (bicyclic) bond motifs is 2. The largest absolute Gasteiger partial charge is 0.488 e. The highest BCUT2D eigenvalue weighted by molar-refractivity contribution is 5.82. The van der Waals surface area contributed by atoms with Crippen LogP contribution in [-0.4, -0.2) is 53.0 Å². The van der Waals surface area contributed by atoms with Crippen molar-refractivity contribution in [2.45, 2.75) is 31.5 Å². The Morgan fingerprint density at radius 2 is 2.03 bits per heavy atom. The molecule has 1 fully saturated rings. The summed E-state index contributed by atoms with van der Waals surface area (Å²) in [4.78, 5) is 18.5. The van der Waals surface area contributed by atoms with E-state index in [1.807, 2.05) is 42.5 Å². The number of aliphatic hydroxyl groups excluding tert-OH is 1. The molecule has 7 nitrogen and oxygen atoms in total. The van der Waals surface area contributed by atoms with Crippen molar-refractivity contribution in [3.8, 4) is 17.2 Å². The van der Waals surface area contributed by atoms with Crippen molar-refractivity contribution in [1.82, 2.24) is 9.88 Å². The lowest BCUT2D eigenvalue weighted by molar-refractivity contribution is -0.137. The number of hydrogen-bond acceptors (Lipinski definition) is 6. The van der Waals surface area contributed by atoms with Crippen molar-refractivity contribution >= 4 is 16.7 Å². The third-order valence-corrected chi connectivity index (χ3v) is 5.84. The summed E-state index contributed by atoms with van der Waals surface area (Å²) in [5.41, 5.74) is 1.03. The molecule has 0 aliphatic carbocycles. The number of carbonyl (C=O) groups excluding carboxylic acids is 1. The number of pyridine rings is 1. The highest BCUT2D eigenvalue weighted by Crippen LogP contribution is 2.33. The lowest BCUT2D eigenvalue weighted by Gasteiger charge is -2.36. The highest BCUT2D eigenvalue weighted by atomic mass is 16.7. The molecule has 5 rings (SSSR count). The molecule has 7 heteroatoms. The van der Waals surface area contributed by atoms with Crippen LogP contribution in [0.1, 0.15) is 18.4 Å². The fourth-order valence-electron chi connectivity index (χ4n) is 4.09. The molecule has 31 heavy (non-hydrogen) atoms. The van der Waals surface area contributed by atoms with Crippen LogP contribution in [0.5, 0.6) is 17.2 Å². The van der Waals surface area contributed by atoms with Crippen molar-refractivity contribution in [2.24, 2.45) is 0 Å². The molecule has 0 saturated carbocycles. The van der Waals surface area contributed by atoms with E-state index in [0.717, 1.165) is 27.8 Å². The van der Waals surface area contributed by atoms with Gasteiger partial charge in [0.05, 0.1) is 6.54 Å². The minimum absolute atomic E-state index is 0.0342. The zero-order valence-electron chi connectivity index (χ0n) is 17.1. The van der Waals surface area contributed by atoms with Crippen molar-refractivity contribution in [3.05, 3.63) is 60.4 Å². The number of aliphatic hydroxyl groups is 1. The first-order valence-electron chi connectivity index (χ1n) is 10.5. The summed E-state index contributed by atoms with van der Waals surface area (Å²) < 4.78 is 16.7. The molecule has 0 radical (unpaired) electrons. The first-order chi connectivity index (χ1) is 15.2. The predicted molar refractivity (Wildman–Crippen MR) is 114 cm³/mol. The van der Waals surface area contributed by atoms with E-state index in [2.05, 4.69) is 4.98 Å². The molecule has 2 atom stereocenters. The van der Waals surface area contributed by atoms with Gasteiger partial charge in [0, 0.05) is 37.2 Å². The first kappa shape index (κ1) is 19.6. The molecule has 1 saturated heterocycles. The average molecular weight is 420 g/mol. The van der Waals surface area contributed by atoms with Crippen LogP contribution in [0.25, 0.3) is 10.8 Å². The Kier molecular flexibility index (Phi) is 5.34. The molecule has 3 heterocycles. The van der Waals surface area contributed by atoms with Gasteiger partial charge in [-0.25, -0.2) is 0 Å². The molecule has 0 bridgehead atoms. The quantitative estimate of drug-likeness (QED) is 0.684. The van der Waals surface area contributed by atoms with Crippen molar-refractivity contribution < 1.29 is 24.1 Å². The van der Waals surface area contributed by atoms with Crippen molar-refractivity contribution in [2.75, 3.05) is 19.9 Å². The van der Waals surface area contributed by atoms with E-state index in [1.54, 1.807) is 17.3 Å². The molecule has 1 amide bonds. The second-order valence-corrected chi connectivity index (χ2v) is 7.92. The summed E-state index contributed by atoms with van der Waals surface area (Å²) in [6, 6.07) is 13.5. The van der Waals surface area contributed by atoms with Gasteiger partial charge in [0.1, 0.15) is 18.0 Å². The molecule has 1 aromatic heterocycles. The summed E-state index contributed by atoms with van der Waals surface area (Å²) in [5, 5.41) is 12.7. The van der Waals surface area contributed by atoms with Crippen LogP contribution in [0.2, 0.25) is 0 Å². The number of amides is 1. The van der Waals surface area contributed by atoms with Crippen molar-refractivity contribution in [1.29, 1.82) is 0 Å². The molecule has 2 aliphatic heterocycles. The molecule has 2 aliphatic rings. The van der Waals surface area contributed by atoms with Crippen LogP contribution < -0.4 is 14.2 Å². The molecule has 1 N–H and O–H groups in total. The number of nitrogens with zero attached hydrogens (tertiary/aromatic N) is 2. The molecule has 0 unspecified atom stereocenters. The fourth-order valence-corrected chi connectivity index (χ4v) is 4.09. The second-order valence-electron chi connectivity index (χ2n) is 7.92. The van der Waals surface area contributed by atoms with Gasteiger partial charge in [-0.3, -0.25) is 9.78 Å². The van der Waals surface area contributed by atoms with Crippen LogP contribution in [-0.2, 0) is 11.2 Å². The molecular weight excluding hydrogens is 396 g/mol. The Labute approximate surface area is 180 Å². The first-order valence-corrected chi connectivity index (χ1v) is 10.5. The van der Waals surface area contributed by atoms with E-state index in [9.17, 15) is 9.90 Å². The van der Waals surface area contributed by atoms with Gasteiger partial charge < -0.3 is 24.2 Å². The van der Waals surface area contributed by atoms with Crippen LogP contribution in [0.15, 0.2) is 54.9 Å². The number of β-amino-alcohol motifs (C(OH)–C–C–N with tert-alkyl or cyclic N) is 1. The molecule has 160 valence electrons. The smallest absolute Gasteiger partial charge is 0.231 e.